The lowest BCUT2D eigenvalue weighted by Gasteiger charge is -2.71. The van der Waals surface area contributed by atoms with E-state index in [0.717, 1.165) is 44.9 Å². The fourth-order valence-electron chi connectivity index (χ4n) is 16.5. The first kappa shape index (κ1) is 60.0. The van der Waals surface area contributed by atoms with E-state index in [-0.39, 0.29) is 58.0 Å². The monoisotopic (exact) mass is 1100 g/mol. The van der Waals surface area contributed by atoms with E-state index < -0.39 is 154 Å². The molecular weight excluding hydrogens is 1020 g/mol. The molecule has 9 aliphatic rings. The van der Waals surface area contributed by atoms with Crippen molar-refractivity contribution in [1.29, 1.82) is 0 Å². The molecule has 23 nitrogen and oxygen atoms in total. The van der Waals surface area contributed by atoms with Crippen LogP contribution in [0.15, 0.2) is 11.6 Å². The third-order valence-electron chi connectivity index (χ3n) is 21.8. The highest BCUT2D eigenvalue weighted by Gasteiger charge is 2.69. The predicted molar refractivity (Wildman–Crippen MR) is 263 cm³/mol. The second-order valence-corrected chi connectivity index (χ2v) is 26.2. The Bertz CT molecular complexity index is 2120. The van der Waals surface area contributed by atoms with Crippen molar-refractivity contribution in [2.75, 3.05) is 26.4 Å². The third kappa shape index (κ3) is 9.90. The van der Waals surface area contributed by atoms with Crippen LogP contribution in [0.4, 0.5) is 0 Å². The molecule has 14 N–H and O–H groups in total. The minimum atomic E-state index is -2.10. The Hall–Kier alpha value is -1.63. The Balaban J connectivity index is 0.955. The van der Waals surface area contributed by atoms with Crippen LogP contribution in [0.5, 0.6) is 0 Å². The van der Waals surface area contributed by atoms with Crippen LogP contribution < -0.4 is 0 Å². The van der Waals surface area contributed by atoms with Gasteiger partial charge in [-0.15, -0.1) is 0 Å². The third-order valence-corrected chi connectivity index (χ3v) is 21.8. The Kier molecular flexibility index (Phi) is 17.0. The standard InChI is InChI=1S/C54H88O23/c1-23-31(58)34(61)40(67)46(71-23)76-42-36(63)33(60)27(20-56)73-47(42)77-43-38(65)37(64)41(44(68)69)75-48(43)74-30-11-12-51(4)28(52(30,5)21-57)10-13-54(7)29(51)9-8-24-25-18-49(2,14-15-50(25,3)16-17-53(24,54)6)22-70-45-39(66)35(62)32(59)26(19-55)72-45/h8,23,25-43,45-48,55-67H,9-22H2,1-7H3,(H,68,69)/t23-,25-,26+,27+,28+,29+,30-,31-,32+,33-,34+,35-,36-,37-,38-,39+,40+,41-,42+,43+,45+,46-,47-,48+,49-,50+,51-,52+,53+,54+/m0/s1. The molecule has 0 radical (unpaired) electrons. The Labute approximate surface area is 449 Å². The van der Waals surface area contributed by atoms with Gasteiger partial charge in [-0.25, -0.2) is 4.79 Å². The zero-order valence-corrected chi connectivity index (χ0v) is 45.3. The smallest absolute Gasteiger partial charge is 0.335 e. The second kappa shape index (κ2) is 21.8. The van der Waals surface area contributed by atoms with Gasteiger partial charge in [0.1, 0.15) is 85.5 Å². The zero-order valence-electron chi connectivity index (χ0n) is 45.3. The molecule has 30 atom stereocenters. The van der Waals surface area contributed by atoms with Crippen LogP contribution in [0.25, 0.3) is 0 Å². The molecule has 0 bridgehead atoms. The van der Waals surface area contributed by atoms with Gasteiger partial charge in [0.05, 0.1) is 38.6 Å². The number of hydrogen-bond acceptors (Lipinski definition) is 22. The lowest BCUT2D eigenvalue weighted by Crippen LogP contribution is -2.68. The predicted octanol–water partition coefficient (Wildman–Crippen LogP) is -1.47. The van der Waals surface area contributed by atoms with Crippen LogP contribution in [0.1, 0.15) is 113 Å². The molecule has 8 fully saturated rings. The van der Waals surface area contributed by atoms with Crippen LogP contribution in [-0.2, 0) is 42.7 Å². The van der Waals surface area contributed by atoms with E-state index in [0.29, 0.717) is 19.3 Å². The highest BCUT2D eigenvalue weighted by atomic mass is 16.8. The van der Waals surface area contributed by atoms with E-state index in [1.807, 2.05) is 6.92 Å². The molecule has 4 heterocycles. The number of carbonyl (C=O) groups is 1. The minimum Gasteiger partial charge on any atom is -0.479 e. The maximum Gasteiger partial charge on any atom is 0.335 e. The van der Waals surface area contributed by atoms with E-state index in [4.69, 9.17) is 37.9 Å². The molecule has 5 aliphatic carbocycles. The van der Waals surface area contributed by atoms with E-state index in [1.54, 1.807) is 0 Å². The number of aliphatic hydroxyl groups excluding tert-OH is 13. The SMILES string of the molecule is C[C@@H]1O[C@@H](O[C@H]2[C@H](O[C@H]3[C@H](O[C@H]4CC[C@@]5(C)[C@@H](CC[C@]6(C)[C@@H]5CC=C5[C@@H]7C[C@@](C)(CO[C@@H]8O[C@H](CO)[C@@H](O)[C@H](O)[C@H]8O)CC[C@]7(C)CC[C@]56C)[C@@]4(C)CO)O[C@H](C(=O)O)[C@@H](O)[C@@H]3O)O[C@H](CO)[C@H](O)[C@@H]2O)[C@H](O)[C@H](O)[C@H]1O. The van der Waals surface area contributed by atoms with Crippen molar-refractivity contribution in [3.8, 4) is 0 Å². The Morgan fingerprint density at radius 2 is 1.17 bits per heavy atom. The summed E-state index contributed by atoms with van der Waals surface area (Å²) in [4.78, 5) is 12.6. The molecule has 0 aromatic rings. The van der Waals surface area contributed by atoms with Crippen molar-refractivity contribution in [2.45, 2.75) is 242 Å². The van der Waals surface area contributed by atoms with Gasteiger partial charge in [-0.3, -0.25) is 0 Å². The van der Waals surface area contributed by atoms with E-state index in [2.05, 4.69) is 40.7 Å². The number of rotatable bonds is 13. The average Bonchev–Trinajstić information content (AvgIpc) is 3.56. The van der Waals surface area contributed by atoms with Crippen LogP contribution in [-0.4, -0.2) is 233 Å². The number of carboxylic acid groups (broad SMARTS) is 1. The van der Waals surface area contributed by atoms with Crippen molar-refractivity contribution >= 4 is 5.97 Å². The normalized spacial score (nSPS) is 56.0. The van der Waals surface area contributed by atoms with Crippen LogP contribution in [0.3, 0.4) is 0 Å². The second-order valence-electron chi connectivity index (χ2n) is 26.2. The molecule has 9 rings (SSSR count). The van der Waals surface area contributed by atoms with Gasteiger partial charge in [0, 0.05) is 5.41 Å². The lowest BCUT2D eigenvalue weighted by atomic mass is 9.33. The quantitative estimate of drug-likeness (QED) is 0.0739. The maximum absolute atomic E-state index is 12.6. The average molecular weight is 1110 g/mol. The van der Waals surface area contributed by atoms with Crippen molar-refractivity contribution < 1.29 is 114 Å². The molecule has 4 aliphatic heterocycles. The minimum absolute atomic E-state index is 0.0346. The maximum atomic E-state index is 12.6. The van der Waals surface area contributed by atoms with Gasteiger partial charge in [-0.1, -0.05) is 53.2 Å². The van der Waals surface area contributed by atoms with Crippen molar-refractivity contribution in [3.63, 3.8) is 0 Å². The lowest BCUT2D eigenvalue weighted by molar-refractivity contribution is -0.396. The summed E-state index contributed by atoms with van der Waals surface area (Å²) >= 11 is 0. The summed E-state index contributed by atoms with van der Waals surface area (Å²) in [5.41, 5.74) is -0.531. The summed E-state index contributed by atoms with van der Waals surface area (Å²) in [7, 11) is 0. The van der Waals surface area contributed by atoms with Crippen LogP contribution in [0, 0.1) is 50.2 Å². The molecule has 0 aromatic carbocycles. The van der Waals surface area contributed by atoms with E-state index in [1.165, 1.54) is 12.5 Å². The number of ether oxygens (including phenoxy) is 8. The molecule has 0 spiro atoms. The fourth-order valence-corrected chi connectivity index (χ4v) is 16.5. The summed E-state index contributed by atoms with van der Waals surface area (Å²) in [5, 5.41) is 150. The first-order valence-corrected chi connectivity index (χ1v) is 27.8. The number of fused-ring (bicyclic) bond motifs is 7. The van der Waals surface area contributed by atoms with E-state index >= 15 is 0 Å². The molecule has 4 saturated heterocycles. The number of allylic oxidation sites excluding steroid dienone is 2. The summed E-state index contributed by atoms with van der Waals surface area (Å²) < 4.78 is 48.3. The van der Waals surface area contributed by atoms with Gasteiger partial charge >= 0.3 is 5.97 Å². The molecule has 77 heavy (non-hydrogen) atoms. The first-order chi connectivity index (χ1) is 36.1. The number of aliphatic hydroxyl groups is 13. The van der Waals surface area contributed by atoms with Gasteiger partial charge in [0.2, 0.25) is 0 Å². The van der Waals surface area contributed by atoms with Gasteiger partial charge in [-0.2, -0.15) is 0 Å². The van der Waals surface area contributed by atoms with Gasteiger partial charge in [0.15, 0.2) is 31.3 Å². The summed E-state index contributed by atoms with van der Waals surface area (Å²) in [6.07, 6.45) is -23.9. The highest BCUT2D eigenvalue weighted by molar-refractivity contribution is 5.73. The summed E-state index contributed by atoms with van der Waals surface area (Å²) in [5.74, 6) is -1.37. The van der Waals surface area contributed by atoms with Gasteiger partial charge in [-0.05, 0) is 116 Å². The molecule has 0 aromatic heterocycles. The van der Waals surface area contributed by atoms with E-state index in [9.17, 15) is 76.3 Å². The summed E-state index contributed by atoms with van der Waals surface area (Å²) in [6.45, 7) is 13.6. The highest BCUT2D eigenvalue weighted by Crippen LogP contribution is 2.76. The van der Waals surface area contributed by atoms with Crippen molar-refractivity contribution in [1.82, 2.24) is 0 Å². The number of aliphatic carboxylic acids is 1. The van der Waals surface area contributed by atoms with Gasteiger partial charge in [0.25, 0.3) is 0 Å². The largest absolute Gasteiger partial charge is 0.479 e. The van der Waals surface area contributed by atoms with Crippen molar-refractivity contribution in [3.05, 3.63) is 11.6 Å². The molecular formula is C54H88O23. The van der Waals surface area contributed by atoms with Crippen LogP contribution >= 0.6 is 0 Å². The molecule has 4 saturated carbocycles. The van der Waals surface area contributed by atoms with Gasteiger partial charge < -0.3 is 109 Å². The number of hydrogen-bond donors (Lipinski definition) is 14. The molecule has 442 valence electrons. The molecule has 0 unspecified atom stereocenters. The number of carboxylic acids is 1. The van der Waals surface area contributed by atoms with Crippen LogP contribution in [0.2, 0.25) is 0 Å². The fraction of sp³-hybridized carbons (Fsp3) is 0.944. The molecule has 0 amide bonds. The summed E-state index contributed by atoms with van der Waals surface area (Å²) in [6, 6.07) is 0. The Morgan fingerprint density at radius 1 is 0.597 bits per heavy atom. The molecule has 23 heteroatoms. The Morgan fingerprint density at radius 3 is 1.81 bits per heavy atom. The topological polar surface area (TPSA) is 374 Å². The van der Waals surface area contributed by atoms with Crippen molar-refractivity contribution in [2.24, 2.45) is 50.2 Å². The first-order valence-electron chi connectivity index (χ1n) is 27.8. The zero-order chi connectivity index (χ0) is 56.3.